The predicted molar refractivity (Wildman–Crippen MR) is 142 cm³/mol. The minimum Gasteiger partial charge on any atom is -0.444 e. The Labute approximate surface area is 226 Å². The summed E-state index contributed by atoms with van der Waals surface area (Å²) in [5, 5.41) is 10.8. The van der Waals surface area contributed by atoms with Crippen LogP contribution >= 0.6 is 23.2 Å². The number of anilines is 1. The number of ether oxygens (including phenoxy) is 2. The molecule has 9 nitrogen and oxygen atoms in total. The van der Waals surface area contributed by atoms with Gasteiger partial charge in [0.15, 0.2) is 0 Å². The van der Waals surface area contributed by atoms with E-state index in [1.165, 1.54) is 6.20 Å². The summed E-state index contributed by atoms with van der Waals surface area (Å²) in [5.74, 6) is 1.24. The highest BCUT2D eigenvalue weighted by atomic mass is 35.5. The van der Waals surface area contributed by atoms with Gasteiger partial charge in [-0.1, -0.05) is 23.2 Å². The van der Waals surface area contributed by atoms with E-state index in [9.17, 15) is 9.90 Å². The molecule has 0 radical (unpaired) electrons. The van der Waals surface area contributed by atoms with Gasteiger partial charge in [0.2, 0.25) is 11.8 Å². The molecule has 1 N–H and O–H groups in total. The van der Waals surface area contributed by atoms with Crippen molar-refractivity contribution in [3.05, 3.63) is 57.8 Å². The predicted octanol–water partition coefficient (Wildman–Crippen LogP) is 5.50. The zero-order chi connectivity index (χ0) is 26.7. The molecule has 1 saturated heterocycles. The van der Waals surface area contributed by atoms with Gasteiger partial charge in [-0.15, -0.1) is 0 Å². The van der Waals surface area contributed by atoms with Crippen LogP contribution < -0.4 is 9.64 Å². The van der Waals surface area contributed by atoms with Crippen molar-refractivity contribution in [3.8, 4) is 23.0 Å². The topological polar surface area (TPSA) is 101 Å². The molecule has 1 aromatic carbocycles. The Morgan fingerprint density at radius 1 is 1.03 bits per heavy atom. The summed E-state index contributed by atoms with van der Waals surface area (Å²) in [6.45, 7) is 9.46. The largest absolute Gasteiger partial charge is 0.444 e. The van der Waals surface area contributed by atoms with Gasteiger partial charge < -0.3 is 24.4 Å². The van der Waals surface area contributed by atoms with Gasteiger partial charge in [-0.2, -0.15) is 0 Å². The minimum absolute atomic E-state index is 0.189. The first kappa shape index (κ1) is 26.9. The molecule has 1 amide bonds. The average molecular weight is 546 g/mol. The fourth-order valence-electron chi connectivity index (χ4n) is 3.82. The number of rotatable bonds is 5. The van der Waals surface area contributed by atoms with Crippen molar-refractivity contribution >= 4 is 35.1 Å². The average Bonchev–Trinajstić information content (AvgIpc) is 2.84. The number of benzene rings is 1. The summed E-state index contributed by atoms with van der Waals surface area (Å²) >= 11 is 12.3. The minimum atomic E-state index is -0.526. The molecule has 3 aromatic rings. The Morgan fingerprint density at radius 2 is 1.70 bits per heavy atom. The van der Waals surface area contributed by atoms with E-state index >= 15 is 0 Å². The number of pyridine rings is 1. The summed E-state index contributed by atoms with van der Waals surface area (Å²) < 4.78 is 11.4. The number of carbonyl (C=O) groups is 1. The van der Waals surface area contributed by atoms with E-state index in [1.807, 2.05) is 27.7 Å². The second kappa shape index (κ2) is 11.1. The van der Waals surface area contributed by atoms with Crippen molar-refractivity contribution in [1.82, 2.24) is 19.9 Å². The number of amides is 1. The van der Waals surface area contributed by atoms with Crippen LogP contribution in [0.2, 0.25) is 10.0 Å². The van der Waals surface area contributed by atoms with Crippen LogP contribution in [-0.2, 0) is 11.3 Å². The number of halogens is 2. The smallest absolute Gasteiger partial charge is 0.410 e. The number of nitrogens with zero attached hydrogens (tertiary/aromatic N) is 5. The SMILES string of the molecule is Cc1c(CO)cc(-c2cc(Cl)cc(Cl)c2)nc1Oc1cnc(N2CCN(C(=O)OC(C)(C)C)CC2)cn1. The maximum absolute atomic E-state index is 12.3. The second-order valence-corrected chi connectivity index (χ2v) is 10.6. The maximum atomic E-state index is 12.3. The van der Waals surface area contributed by atoms with E-state index in [1.54, 1.807) is 35.4 Å². The van der Waals surface area contributed by atoms with Gasteiger partial charge in [0.1, 0.15) is 11.4 Å². The highest BCUT2D eigenvalue weighted by molar-refractivity contribution is 6.35. The third kappa shape index (κ3) is 6.80. The van der Waals surface area contributed by atoms with Gasteiger partial charge in [-0.3, -0.25) is 0 Å². The van der Waals surface area contributed by atoms with Gasteiger partial charge in [0.05, 0.1) is 24.7 Å². The number of piperazine rings is 1. The Bertz CT molecular complexity index is 1250. The van der Waals surface area contributed by atoms with Crippen molar-refractivity contribution in [2.45, 2.75) is 39.9 Å². The van der Waals surface area contributed by atoms with E-state index < -0.39 is 5.60 Å². The molecule has 3 heterocycles. The Balaban J connectivity index is 1.47. The molecule has 0 spiro atoms. The van der Waals surface area contributed by atoms with Crippen LogP contribution in [0.3, 0.4) is 0 Å². The first-order valence-electron chi connectivity index (χ1n) is 11.8. The van der Waals surface area contributed by atoms with E-state index in [-0.39, 0.29) is 18.6 Å². The summed E-state index contributed by atoms with van der Waals surface area (Å²) in [5.41, 5.74) is 2.07. The lowest BCUT2D eigenvalue weighted by Gasteiger charge is -2.36. The number of aliphatic hydroxyl groups excluding tert-OH is 1. The molecule has 196 valence electrons. The molecular weight excluding hydrogens is 517 g/mol. The molecule has 0 unspecified atom stereocenters. The molecule has 2 aromatic heterocycles. The molecule has 4 rings (SSSR count). The molecule has 1 aliphatic rings. The van der Waals surface area contributed by atoms with Crippen LogP contribution in [0.5, 0.6) is 11.8 Å². The summed E-state index contributed by atoms with van der Waals surface area (Å²) in [6.07, 6.45) is 2.84. The van der Waals surface area contributed by atoms with Crippen LogP contribution in [0.25, 0.3) is 11.3 Å². The van der Waals surface area contributed by atoms with Crippen molar-refractivity contribution in [3.63, 3.8) is 0 Å². The second-order valence-electron chi connectivity index (χ2n) is 9.68. The highest BCUT2D eigenvalue weighted by Crippen LogP contribution is 2.32. The summed E-state index contributed by atoms with van der Waals surface area (Å²) in [6, 6.07) is 6.90. The highest BCUT2D eigenvalue weighted by Gasteiger charge is 2.26. The monoisotopic (exact) mass is 545 g/mol. The summed E-state index contributed by atoms with van der Waals surface area (Å²) in [7, 11) is 0. The van der Waals surface area contributed by atoms with Crippen molar-refractivity contribution < 1.29 is 19.4 Å². The van der Waals surface area contributed by atoms with Crippen molar-refractivity contribution in [2.75, 3.05) is 31.1 Å². The zero-order valence-corrected chi connectivity index (χ0v) is 22.7. The maximum Gasteiger partial charge on any atom is 0.410 e. The molecule has 0 atom stereocenters. The van der Waals surface area contributed by atoms with Crippen LogP contribution in [0.15, 0.2) is 36.7 Å². The lowest BCUT2D eigenvalue weighted by Crippen LogP contribution is -2.50. The fraction of sp³-hybridized carbons (Fsp3) is 0.385. The Hall–Kier alpha value is -3.14. The fourth-order valence-corrected chi connectivity index (χ4v) is 4.34. The summed E-state index contributed by atoms with van der Waals surface area (Å²) in [4.78, 5) is 29.6. The van der Waals surface area contributed by atoms with E-state index in [0.29, 0.717) is 70.3 Å². The van der Waals surface area contributed by atoms with Gasteiger partial charge in [0.25, 0.3) is 0 Å². The molecule has 0 bridgehead atoms. The quantitative estimate of drug-likeness (QED) is 0.448. The first-order chi connectivity index (χ1) is 17.5. The normalized spacial score (nSPS) is 14.0. The van der Waals surface area contributed by atoms with Crippen molar-refractivity contribution in [1.29, 1.82) is 0 Å². The third-order valence-corrected chi connectivity index (χ3v) is 6.17. The molecular formula is C26H29Cl2N5O4. The van der Waals surface area contributed by atoms with Crippen LogP contribution in [0.4, 0.5) is 10.6 Å². The molecule has 1 fully saturated rings. The standard InChI is InChI=1S/C26H29Cl2N5O4/c1-16-18(15-34)11-21(17-9-19(27)12-20(28)10-17)31-24(16)36-23-14-29-22(13-30-23)32-5-7-33(8-6-32)25(35)37-26(2,3)4/h9-14,34H,5-8,15H2,1-4H3. The number of hydrogen-bond acceptors (Lipinski definition) is 8. The molecule has 0 aliphatic carbocycles. The number of carbonyl (C=O) groups excluding carboxylic acids is 1. The number of aliphatic hydroxyl groups is 1. The van der Waals surface area contributed by atoms with Crippen LogP contribution in [0, 0.1) is 6.92 Å². The van der Waals surface area contributed by atoms with E-state index in [4.69, 9.17) is 32.7 Å². The van der Waals surface area contributed by atoms with Gasteiger partial charge >= 0.3 is 6.09 Å². The number of aromatic nitrogens is 3. The van der Waals surface area contributed by atoms with Crippen LogP contribution in [0.1, 0.15) is 31.9 Å². The van der Waals surface area contributed by atoms with Gasteiger partial charge in [-0.25, -0.2) is 19.7 Å². The molecule has 37 heavy (non-hydrogen) atoms. The molecule has 0 saturated carbocycles. The first-order valence-corrected chi connectivity index (χ1v) is 12.6. The van der Waals surface area contributed by atoms with Gasteiger partial charge in [-0.05, 0) is 57.5 Å². The number of hydrogen-bond donors (Lipinski definition) is 1. The van der Waals surface area contributed by atoms with Crippen LogP contribution in [-0.4, -0.2) is 62.8 Å². The Kier molecular flexibility index (Phi) is 8.06. The lowest BCUT2D eigenvalue weighted by atomic mass is 10.1. The Morgan fingerprint density at radius 3 is 2.27 bits per heavy atom. The molecule has 11 heteroatoms. The van der Waals surface area contributed by atoms with Gasteiger partial charge in [0, 0.05) is 47.4 Å². The van der Waals surface area contributed by atoms with Crippen molar-refractivity contribution in [2.24, 2.45) is 0 Å². The van der Waals surface area contributed by atoms with E-state index in [2.05, 4.69) is 19.9 Å². The zero-order valence-electron chi connectivity index (χ0n) is 21.2. The van der Waals surface area contributed by atoms with E-state index in [0.717, 1.165) is 0 Å². The lowest BCUT2D eigenvalue weighted by molar-refractivity contribution is 0.0240. The molecule has 1 aliphatic heterocycles. The third-order valence-electron chi connectivity index (χ3n) is 5.74.